The first kappa shape index (κ1) is 12.8. The van der Waals surface area contributed by atoms with E-state index in [1.807, 2.05) is 13.8 Å². The van der Waals surface area contributed by atoms with Crippen molar-refractivity contribution in [3.8, 4) is 17.7 Å². The molecule has 0 aliphatic carbocycles. The van der Waals surface area contributed by atoms with Gasteiger partial charge in [0.05, 0.1) is 5.56 Å². The molecule has 0 saturated heterocycles. The third-order valence-corrected chi connectivity index (χ3v) is 2.48. The summed E-state index contributed by atoms with van der Waals surface area (Å²) in [5, 5.41) is 9.01. The highest BCUT2D eigenvalue weighted by atomic mass is 16.5. The Morgan fingerprint density at radius 1 is 1.26 bits per heavy atom. The molecule has 1 aromatic heterocycles. The molecule has 0 bridgehead atoms. The molecule has 2 N–H and O–H groups in total. The Bertz CT molecular complexity index is 632. The lowest BCUT2D eigenvalue weighted by Crippen LogP contribution is -2.03. The number of rotatable bonds is 3. The molecule has 0 atom stereocenters. The van der Waals surface area contributed by atoms with Crippen molar-refractivity contribution in [2.75, 3.05) is 5.73 Å². The lowest BCUT2D eigenvalue weighted by Gasteiger charge is -2.09. The molecule has 19 heavy (non-hydrogen) atoms. The minimum atomic E-state index is 0.150. The van der Waals surface area contributed by atoms with Gasteiger partial charge in [0.25, 0.3) is 0 Å². The van der Waals surface area contributed by atoms with Gasteiger partial charge in [0, 0.05) is 12.0 Å². The van der Waals surface area contributed by atoms with Crippen molar-refractivity contribution in [2.45, 2.75) is 19.8 Å². The lowest BCUT2D eigenvalue weighted by atomic mass is 10.2. The van der Waals surface area contributed by atoms with Crippen LogP contribution >= 0.6 is 0 Å². The maximum atomic E-state index is 9.01. The van der Waals surface area contributed by atoms with Gasteiger partial charge in [-0.15, -0.1) is 0 Å². The second-order valence-electron chi connectivity index (χ2n) is 4.35. The molecule has 0 aliphatic rings. The average Bonchev–Trinajstić information content (AvgIpc) is 2.38. The fraction of sp³-hybridized carbons (Fsp3) is 0.214. The van der Waals surface area contributed by atoms with Crippen molar-refractivity contribution >= 4 is 5.82 Å². The van der Waals surface area contributed by atoms with Gasteiger partial charge in [-0.05, 0) is 12.1 Å². The Morgan fingerprint density at radius 3 is 2.68 bits per heavy atom. The number of nitrogen functional groups attached to an aromatic ring is 1. The van der Waals surface area contributed by atoms with E-state index < -0.39 is 0 Å². The molecule has 0 amide bonds. The lowest BCUT2D eigenvalue weighted by molar-refractivity contribution is 0.456. The molecule has 5 nitrogen and oxygen atoms in total. The number of nitrogens with zero attached hydrogens (tertiary/aromatic N) is 3. The number of hydrogen-bond acceptors (Lipinski definition) is 5. The molecule has 0 unspecified atom stereocenters. The van der Waals surface area contributed by atoms with E-state index in [-0.39, 0.29) is 5.92 Å². The van der Waals surface area contributed by atoms with Gasteiger partial charge in [-0.1, -0.05) is 26.0 Å². The van der Waals surface area contributed by atoms with Gasteiger partial charge in [0.15, 0.2) is 0 Å². The summed E-state index contributed by atoms with van der Waals surface area (Å²) in [5.41, 5.74) is 6.18. The van der Waals surface area contributed by atoms with Crippen molar-refractivity contribution < 1.29 is 4.74 Å². The Labute approximate surface area is 111 Å². The van der Waals surface area contributed by atoms with Crippen LogP contribution in [-0.4, -0.2) is 9.97 Å². The van der Waals surface area contributed by atoms with Gasteiger partial charge in [-0.3, -0.25) is 0 Å². The fourth-order valence-electron chi connectivity index (χ4n) is 1.53. The second-order valence-corrected chi connectivity index (χ2v) is 4.35. The van der Waals surface area contributed by atoms with Crippen LogP contribution in [0.1, 0.15) is 31.2 Å². The number of anilines is 1. The highest BCUT2D eigenvalue weighted by Gasteiger charge is 2.09. The maximum absolute atomic E-state index is 9.01. The van der Waals surface area contributed by atoms with E-state index in [9.17, 15) is 0 Å². The summed E-state index contributed by atoms with van der Waals surface area (Å²) in [4.78, 5) is 8.42. The topological polar surface area (TPSA) is 84.8 Å². The van der Waals surface area contributed by atoms with E-state index in [4.69, 9.17) is 15.7 Å². The Balaban J connectivity index is 2.36. The molecular formula is C14H14N4O. The number of aromatic nitrogens is 2. The van der Waals surface area contributed by atoms with E-state index in [2.05, 4.69) is 16.0 Å². The van der Waals surface area contributed by atoms with Crippen molar-refractivity contribution in [3.63, 3.8) is 0 Å². The van der Waals surface area contributed by atoms with Crippen LogP contribution < -0.4 is 10.5 Å². The zero-order chi connectivity index (χ0) is 13.8. The smallest absolute Gasteiger partial charge is 0.224 e. The number of nitriles is 1. The average molecular weight is 254 g/mol. The minimum Gasteiger partial charge on any atom is -0.437 e. The molecule has 2 rings (SSSR count). The van der Waals surface area contributed by atoms with Crippen molar-refractivity contribution in [1.29, 1.82) is 5.26 Å². The first-order chi connectivity index (χ1) is 9.10. The molecule has 0 saturated carbocycles. The summed E-state index contributed by atoms with van der Waals surface area (Å²) in [7, 11) is 0. The standard InChI is InChI=1S/C14H14N4O/c1-9(2)14-17-12(16)7-13(18-14)19-11-6-4-3-5-10(11)8-15/h3-7,9H,1-2H3,(H2,16,17,18). The zero-order valence-corrected chi connectivity index (χ0v) is 10.8. The molecule has 0 spiro atoms. The van der Waals surface area contributed by atoms with Crippen molar-refractivity contribution in [2.24, 2.45) is 0 Å². The number of nitrogens with two attached hydrogens (primary N) is 1. The molecular weight excluding hydrogens is 240 g/mol. The van der Waals surface area contributed by atoms with Crippen LogP contribution in [0, 0.1) is 11.3 Å². The van der Waals surface area contributed by atoms with Crippen LogP contribution in [0.15, 0.2) is 30.3 Å². The van der Waals surface area contributed by atoms with Gasteiger partial charge in [-0.25, -0.2) is 4.98 Å². The summed E-state index contributed by atoms with van der Waals surface area (Å²) < 4.78 is 5.62. The monoisotopic (exact) mass is 254 g/mol. The van der Waals surface area contributed by atoms with Gasteiger partial charge in [-0.2, -0.15) is 10.2 Å². The third kappa shape index (κ3) is 2.99. The van der Waals surface area contributed by atoms with Crippen LogP contribution in [0.4, 0.5) is 5.82 Å². The predicted octanol–water partition coefficient (Wildman–Crippen LogP) is 2.85. The number of hydrogen-bond donors (Lipinski definition) is 1. The van der Waals surface area contributed by atoms with Gasteiger partial charge >= 0.3 is 0 Å². The minimum absolute atomic E-state index is 0.150. The SMILES string of the molecule is CC(C)c1nc(N)cc(Oc2ccccc2C#N)n1. The molecule has 5 heteroatoms. The van der Waals surface area contributed by atoms with E-state index in [1.54, 1.807) is 30.3 Å². The number of para-hydroxylation sites is 1. The molecule has 0 fully saturated rings. The predicted molar refractivity (Wildman–Crippen MR) is 71.8 cm³/mol. The Hall–Kier alpha value is -2.61. The molecule has 96 valence electrons. The molecule has 1 heterocycles. The zero-order valence-electron chi connectivity index (χ0n) is 10.8. The maximum Gasteiger partial charge on any atom is 0.224 e. The van der Waals surface area contributed by atoms with Crippen LogP contribution in [-0.2, 0) is 0 Å². The highest BCUT2D eigenvalue weighted by molar-refractivity contribution is 5.45. The summed E-state index contributed by atoms with van der Waals surface area (Å²) in [6, 6.07) is 10.6. The van der Waals surface area contributed by atoms with Crippen LogP contribution in [0.3, 0.4) is 0 Å². The third-order valence-electron chi connectivity index (χ3n) is 2.48. The highest BCUT2D eigenvalue weighted by Crippen LogP contribution is 2.25. The number of benzene rings is 1. The second kappa shape index (κ2) is 5.36. The van der Waals surface area contributed by atoms with Gasteiger partial charge in [0.2, 0.25) is 5.88 Å². The Morgan fingerprint density at radius 2 is 2.00 bits per heavy atom. The first-order valence-electron chi connectivity index (χ1n) is 5.91. The first-order valence-corrected chi connectivity index (χ1v) is 5.91. The molecule has 2 aromatic rings. The largest absolute Gasteiger partial charge is 0.437 e. The molecule has 1 aromatic carbocycles. The van der Waals surface area contributed by atoms with Crippen molar-refractivity contribution in [3.05, 3.63) is 41.7 Å². The van der Waals surface area contributed by atoms with Gasteiger partial charge < -0.3 is 10.5 Å². The van der Waals surface area contributed by atoms with Crippen LogP contribution in [0.5, 0.6) is 11.6 Å². The summed E-state index contributed by atoms with van der Waals surface area (Å²) >= 11 is 0. The van der Waals surface area contributed by atoms with Crippen LogP contribution in [0.2, 0.25) is 0 Å². The van der Waals surface area contributed by atoms with E-state index in [0.29, 0.717) is 28.8 Å². The summed E-state index contributed by atoms with van der Waals surface area (Å²) in [6.07, 6.45) is 0. The molecule has 0 radical (unpaired) electrons. The number of ether oxygens (including phenoxy) is 1. The normalized spacial score (nSPS) is 10.2. The van der Waals surface area contributed by atoms with Crippen molar-refractivity contribution in [1.82, 2.24) is 9.97 Å². The molecule has 0 aliphatic heterocycles. The van der Waals surface area contributed by atoms with Crippen LogP contribution in [0.25, 0.3) is 0 Å². The van der Waals surface area contributed by atoms with E-state index >= 15 is 0 Å². The Kier molecular flexibility index (Phi) is 3.62. The van der Waals surface area contributed by atoms with E-state index in [1.165, 1.54) is 0 Å². The van der Waals surface area contributed by atoms with Gasteiger partial charge in [0.1, 0.15) is 23.5 Å². The summed E-state index contributed by atoms with van der Waals surface area (Å²) in [6.45, 7) is 3.95. The summed E-state index contributed by atoms with van der Waals surface area (Å²) in [5.74, 6) is 1.92. The van der Waals surface area contributed by atoms with E-state index in [0.717, 1.165) is 0 Å². The fourth-order valence-corrected chi connectivity index (χ4v) is 1.53. The quantitative estimate of drug-likeness (QED) is 0.910.